The Labute approximate surface area is 172 Å². The molecular formula is C23H33NO2SSi. The summed E-state index contributed by atoms with van der Waals surface area (Å²) in [5, 5.41) is -0.278. The van der Waals surface area contributed by atoms with Crippen LogP contribution in [-0.4, -0.2) is 22.5 Å². The highest BCUT2D eigenvalue weighted by Gasteiger charge is 2.44. The topological polar surface area (TPSA) is 46.2 Å². The molecule has 2 aromatic carbocycles. The Morgan fingerprint density at radius 2 is 1.64 bits per heavy atom. The van der Waals surface area contributed by atoms with E-state index in [1.165, 1.54) is 5.56 Å². The molecular weight excluding hydrogens is 382 g/mol. The largest absolute Gasteiger partial charge is 0.240 e. The SMILES string of the molecule is C=C[C@](C)([C@@H](CCc1ccccc1)NS(=O)(=O)c1ccc(C)cc1)[Si](C)(C)C. The van der Waals surface area contributed by atoms with E-state index in [9.17, 15) is 8.42 Å². The average molecular weight is 416 g/mol. The summed E-state index contributed by atoms with van der Waals surface area (Å²) >= 11 is 0. The van der Waals surface area contributed by atoms with Crippen LogP contribution in [0.1, 0.15) is 24.5 Å². The molecule has 0 radical (unpaired) electrons. The van der Waals surface area contributed by atoms with Crippen molar-refractivity contribution in [3.8, 4) is 0 Å². The van der Waals surface area contributed by atoms with E-state index in [1.54, 1.807) is 12.1 Å². The molecule has 0 aliphatic heterocycles. The minimum absolute atomic E-state index is 0.219. The van der Waals surface area contributed by atoms with E-state index in [-0.39, 0.29) is 11.1 Å². The average Bonchev–Trinajstić information content (AvgIpc) is 2.64. The zero-order chi connectivity index (χ0) is 21.0. The molecule has 0 aliphatic carbocycles. The van der Waals surface area contributed by atoms with E-state index in [4.69, 9.17) is 0 Å². The number of benzene rings is 2. The maximum Gasteiger partial charge on any atom is 0.240 e. The van der Waals surface area contributed by atoms with Crippen LogP contribution in [0.15, 0.2) is 72.1 Å². The maximum atomic E-state index is 13.1. The second-order valence-electron chi connectivity index (χ2n) is 8.75. The van der Waals surface area contributed by atoms with Gasteiger partial charge >= 0.3 is 0 Å². The van der Waals surface area contributed by atoms with Crippen molar-refractivity contribution in [3.63, 3.8) is 0 Å². The second-order valence-corrected chi connectivity index (χ2v) is 16.0. The minimum Gasteiger partial charge on any atom is -0.207 e. The zero-order valence-corrected chi connectivity index (χ0v) is 19.5. The quantitative estimate of drug-likeness (QED) is 0.430. The highest BCUT2D eigenvalue weighted by molar-refractivity contribution is 7.89. The Kier molecular flexibility index (Phi) is 7.07. The van der Waals surface area contributed by atoms with Crippen molar-refractivity contribution in [2.24, 2.45) is 0 Å². The predicted molar refractivity (Wildman–Crippen MR) is 122 cm³/mol. The molecule has 0 saturated heterocycles. The summed E-state index contributed by atoms with van der Waals surface area (Å²) in [6.07, 6.45) is 3.50. The highest BCUT2D eigenvalue weighted by Crippen LogP contribution is 2.44. The van der Waals surface area contributed by atoms with Gasteiger partial charge in [0.05, 0.1) is 13.0 Å². The highest BCUT2D eigenvalue weighted by atomic mass is 32.2. The lowest BCUT2D eigenvalue weighted by Gasteiger charge is -2.44. The van der Waals surface area contributed by atoms with Crippen molar-refractivity contribution in [2.45, 2.75) is 62.3 Å². The van der Waals surface area contributed by atoms with Crippen LogP contribution < -0.4 is 4.72 Å². The number of rotatable bonds is 9. The van der Waals surface area contributed by atoms with E-state index in [0.717, 1.165) is 18.4 Å². The molecule has 0 spiro atoms. The van der Waals surface area contributed by atoms with Crippen molar-refractivity contribution in [3.05, 3.63) is 78.4 Å². The molecule has 5 heteroatoms. The van der Waals surface area contributed by atoms with Gasteiger partial charge in [-0.05, 0) is 42.5 Å². The molecule has 0 aromatic heterocycles. The van der Waals surface area contributed by atoms with Crippen LogP contribution in [0.25, 0.3) is 0 Å². The molecule has 0 aliphatic rings. The lowest BCUT2D eigenvalue weighted by Crippen LogP contribution is -2.52. The fraction of sp³-hybridized carbons (Fsp3) is 0.391. The van der Waals surface area contributed by atoms with Gasteiger partial charge in [-0.15, -0.1) is 6.58 Å². The first kappa shape index (κ1) is 22.6. The lowest BCUT2D eigenvalue weighted by molar-refractivity contribution is 0.457. The van der Waals surface area contributed by atoms with Gasteiger partial charge in [-0.2, -0.15) is 0 Å². The number of nitrogens with one attached hydrogen (secondary N) is 1. The number of aryl methyl sites for hydroxylation is 2. The van der Waals surface area contributed by atoms with Crippen LogP contribution in [0.4, 0.5) is 0 Å². The molecule has 2 rings (SSSR count). The van der Waals surface area contributed by atoms with E-state index >= 15 is 0 Å². The third kappa shape index (κ3) is 5.22. The normalized spacial score (nSPS) is 15.6. The molecule has 0 amide bonds. The molecule has 0 fully saturated rings. The van der Waals surface area contributed by atoms with Crippen LogP contribution in [0.5, 0.6) is 0 Å². The second kappa shape index (κ2) is 8.76. The summed E-state index contributed by atoms with van der Waals surface area (Å²) in [5.41, 5.74) is 2.25. The van der Waals surface area contributed by atoms with E-state index in [1.807, 2.05) is 43.3 Å². The molecule has 2 aromatic rings. The van der Waals surface area contributed by atoms with Gasteiger partial charge in [-0.1, -0.05) is 80.7 Å². The molecule has 152 valence electrons. The molecule has 0 bridgehead atoms. The third-order valence-electron chi connectivity index (χ3n) is 5.96. The number of hydrogen-bond donors (Lipinski definition) is 1. The fourth-order valence-electron chi connectivity index (χ4n) is 3.38. The van der Waals surface area contributed by atoms with Crippen molar-refractivity contribution in [2.75, 3.05) is 0 Å². The van der Waals surface area contributed by atoms with Gasteiger partial charge in [0.25, 0.3) is 0 Å². The summed E-state index contributed by atoms with van der Waals surface area (Å²) in [6.45, 7) is 15.0. The van der Waals surface area contributed by atoms with Gasteiger partial charge in [-0.3, -0.25) is 0 Å². The fourth-order valence-corrected chi connectivity index (χ4v) is 6.73. The number of sulfonamides is 1. The van der Waals surface area contributed by atoms with E-state index in [2.05, 4.69) is 50.0 Å². The zero-order valence-electron chi connectivity index (χ0n) is 17.7. The van der Waals surface area contributed by atoms with Crippen molar-refractivity contribution in [1.29, 1.82) is 0 Å². The Hall–Kier alpha value is -1.69. The smallest absolute Gasteiger partial charge is 0.207 e. The Balaban J connectivity index is 2.36. The number of hydrogen-bond acceptors (Lipinski definition) is 2. The van der Waals surface area contributed by atoms with Gasteiger partial charge in [-0.25, -0.2) is 13.1 Å². The molecule has 0 unspecified atom stereocenters. The van der Waals surface area contributed by atoms with Crippen LogP contribution >= 0.6 is 0 Å². The van der Waals surface area contributed by atoms with Gasteiger partial charge < -0.3 is 0 Å². The Morgan fingerprint density at radius 3 is 2.14 bits per heavy atom. The van der Waals surface area contributed by atoms with Gasteiger partial charge in [0.2, 0.25) is 10.0 Å². The first-order chi connectivity index (χ1) is 13.0. The van der Waals surface area contributed by atoms with Crippen molar-refractivity contribution >= 4 is 18.1 Å². The molecule has 2 atom stereocenters. The monoisotopic (exact) mass is 415 g/mol. The summed E-state index contributed by atoms with van der Waals surface area (Å²) < 4.78 is 29.3. The minimum atomic E-state index is -3.61. The van der Waals surface area contributed by atoms with E-state index < -0.39 is 18.1 Å². The van der Waals surface area contributed by atoms with E-state index in [0.29, 0.717) is 4.90 Å². The maximum absolute atomic E-state index is 13.1. The van der Waals surface area contributed by atoms with Crippen LogP contribution in [-0.2, 0) is 16.4 Å². The predicted octanol–water partition coefficient (Wildman–Crippen LogP) is 5.56. The standard InChI is InChI=1S/C23H33NO2SSi/c1-7-23(3,28(4,5)6)22(18-15-20-11-9-8-10-12-20)24-27(25,26)21-16-13-19(2)14-17-21/h7-14,16-17,22,24H,1,15,18H2,2-6H3/t22-,23-/m1/s1. The Morgan fingerprint density at radius 1 is 1.07 bits per heavy atom. The van der Waals surface area contributed by atoms with Gasteiger partial charge in [0.15, 0.2) is 0 Å². The molecule has 0 heterocycles. The summed E-state index contributed by atoms with van der Waals surface area (Å²) in [4.78, 5) is 0.310. The summed E-state index contributed by atoms with van der Waals surface area (Å²) in [5.74, 6) is 0. The van der Waals surface area contributed by atoms with Crippen LogP contribution in [0.3, 0.4) is 0 Å². The van der Waals surface area contributed by atoms with Gasteiger partial charge in [0, 0.05) is 6.04 Å². The molecule has 1 N–H and O–H groups in total. The molecule has 28 heavy (non-hydrogen) atoms. The van der Waals surface area contributed by atoms with Crippen LogP contribution in [0.2, 0.25) is 24.7 Å². The lowest BCUT2D eigenvalue weighted by atomic mass is 9.95. The van der Waals surface area contributed by atoms with Gasteiger partial charge in [0.1, 0.15) is 0 Å². The first-order valence-corrected chi connectivity index (χ1v) is 14.7. The first-order valence-electron chi connectivity index (χ1n) is 9.76. The third-order valence-corrected chi connectivity index (χ3v) is 11.2. The molecule has 0 saturated carbocycles. The summed E-state index contributed by atoms with van der Waals surface area (Å²) in [7, 11) is -5.38. The van der Waals surface area contributed by atoms with Crippen molar-refractivity contribution in [1.82, 2.24) is 4.72 Å². The molecule has 3 nitrogen and oxygen atoms in total. The van der Waals surface area contributed by atoms with Crippen molar-refractivity contribution < 1.29 is 8.42 Å². The van der Waals surface area contributed by atoms with Crippen LogP contribution in [0, 0.1) is 6.92 Å². The summed E-state index contributed by atoms with van der Waals surface area (Å²) in [6, 6.07) is 17.0. The Bertz CT molecular complexity index is 886.